The molecule has 3 heteroatoms. The molecule has 0 fully saturated rings. The lowest BCUT2D eigenvalue weighted by Crippen LogP contribution is -2.04. The van der Waals surface area contributed by atoms with Gasteiger partial charge in [0.1, 0.15) is 5.75 Å². The number of esters is 1. The van der Waals surface area contributed by atoms with Crippen molar-refractivity contribution >= 4 is 5.97 Å². The standard InChI is InChI=1S/C11H14O3/c1-3-9-6-8(4-5-10(9)12)7-11(13)14-2/h4-6,12H,3,7H2,1-2H3. The Balaban J connectivity index is 2.84. The number of rotatable bonds is 3. The summed E-state index contributed by atoms with van der Waals surface area (Å²) in [5.74, 6) is 0.0128. The van der Waals surface area contributed by atoms with Gasteiger partial charge in [-0.2, -0.15) is 0 Å². The first-order valence-corrected chi connectivity index (χ1v) is 4.55. The first-order valence-electron chi connectivity index (χ1n) is 4.55. The minimum atomic E-state index is -0.266. The Morgan fingerprint density at radius 1 is 1.50 bits per heavy atom. The van der Waals surface area contributed by atoms with Crippen molar-refractivity contribution in [2.75, 3.05) is 7.11 Å². The molecule has 0 heterocycles. The number of hydrogen-bond acceptors (Lipinski definition) is 3. The van der Waals surface area contributed by atoms with Crippen LogP contribution in [-0.2, 0) is 22.4 Å². The van der Waals surface area contributed by atoms with Gasteiger partial charge in [0.2, 0.25) is 0 Å². The number of ether oxygens (including phenoxy) is 1. The second-order valence-corrected chi connectivity index (χ2v) is 3.07. The number of aromatic hydroxyl groups is 1. The maximum atomic E-state index is 11.0. The van der Waals surface area contributed by atoms with Crippen molar-refractivity contribution in [1.82, 2.24) is 0 Å². The van der Waals surface area contributed by atoms with Gasteiger partial charge < -0.3 is 9.84 Å². The van der Waals surface area contributed by atoms with Crippen LogP contribution in [0.4, 0.5) is 0 Å². The highest BCUT2D eigenvalue weighted by Crippen LogP contribution is 2.19. The van der Waals surface area contributed by atoms with E-state index in [1.165, 1.54) is 7.11 Å². The Hall–Kier alpha value is -1.51. The molecule has 0 saturated carbocycles. The number of methoxy groups -OCH3 is 1. The summed E-state index contributed by atoms with van der Waals surface area (Å²) in [6.07, 6.45) is 1.00. The van der Waals surface area contributed by atoms with Gasteiger partial charge in [0.15, 0.2) is 0 Å². The maximum absolute atomic E-state index is 11.0. The summed E-state index contributed by atoms with van der Waals surface area (Å²) in [7, 11) is 1.36. The lowest BCUT2D eigenvalue weighted by Gasteiger charge is -2.04. The van der Waals surface area contributed by atoms with Crippen molar-refractivity contribution in [2.45, 2.75) is 19.8 Å². The van der Waals surface area contributed by atoms with E-state index in [0.29, 0.717) is 0 Å². The van der Waals surface area contributed by atoms with Crippen molar-refractivity contribution in [3.05, 3.63) is 29.3 Å². The minimum Gasteiger partial charge on any atom is -0.508 e. The zero-order valence-electron chi connectivity index (χ0n) is 8.41. The minimum absolute atomic E-state index is 0.254. The van der Waals surface area contributed by atoms with E-state index in [1.807, 2.05) is 13.0 Å². The molecule has 0 unspecified atom stereocenters. The molecule has 76 valence electrons. The van der Waals surface area contributed by atoms with Crippen LogP contribution in [-0.4, -0.2) is 18.2 Å². The van der Waals surface area contributed by atoms with Gasteiger partial charge in [-0.15, -0.1) is 0 Å². The van der Waals surface area contributed by atoms with Crippen LogP contribution in [0.1, 0.15) is 18.1 Å². The summed E-state index contributed by atoms with van der Waals surface area (Å²) in [6, 6.07) is 5.16. The number of phenolic OH excluding ortho intramolecular Hbond substituents is 1. The van der Waals surface area contributed by atoms with E-state index in [2.05, 4.69) is 4.74 Å². The first-order chi connectivity index (χ1) is 6.67. The fourth-order valence-corrected chi connectivity index (χ4v) is 1.27. The molecule has 3 nitrogen and oxygen atoms in total. The van der Waals surface area contributed by atoms with Crippen LogP contribution >= 0.6 is 0 Å². The lowest BCUT2D eigenvalue weighted by molar-refractivity contribution is -0.139. The quantitative estimate of drug-likeness (QED) is 0.744. The van der Waals surface area contributed by atoms with Gasteiger partial charge in [-0.1, -0.05) is 19.1 Å². The molecule has 0 aliphatic heterocycles. The third-order valence-electron chi connectivity index (χ3n) is 2.10. The van der Waals surface area contributed by atoms with Crippen LogP contribution in [0.3, 0.4) is 0 Å². The number of phenols is 1. The molecule has 1 N–H and O–H groups in total. The molecule has 1 aromatic rings. The van der Waals surface area contributed by atoms with Crippen LogP contribution in [0, 0.1) is 0 Å². The average molecular weight is 194 g/mol. The molecule has 0 aliphatic carbocycles. The Kier molecular flexibility index (Phi) is 3.51. The normalized spacial score (nSPS) is 9.86. The number of carbonyl (C=O) groups is 1. The van der Waals surface area contributed by atoms with E-state index in [-0.39, 0.29) is 18.1 Å². The average Bonchev–Trinajstić information content (AvgIpc) is 2.20. The number of aryl methyl sites for hydroxylation is 1. The Morgan fingerprint density at radius 2 is 2.21 bits per heavy atom. The van der Waals surface area contributed by atoms with Crippen molar-refractivity contribution in [3.8, 4) is 5.75 Å². The van der Waals surface area contributed by atoms with Gasteiger partial charge in [0, 0.05) is 0 Å². The monoisotopic (exact) mass is 194 g/mol. The second-order valence-electron chi connectivity index (χ2n) is 3.07. The Labute approximate surface area is 83.3 Å². The van der Waals surface area contributed by atoms with Crippen LogP contribution in [0.15, 0.2) is 18.2 Å². The molecule has 1 aromatic carbocycles. The fourth-order valence-electron chi connectivity index (χ4n) is 1.27. The van der Waals surface area contributed by atoms with Crippen molar-refractivity contribution in [3.63, 3.8) is 0 Å². The smallest absolute Gasteiger partial charge is 0.309 e. The van der Waals surface area contributed by atoms with Crippen molar-refractivity contribution in [1.29, 1.82) is 0 Å². The predicted octanol–water partition coefficient (Wildman–Crippen LogP) is 1.67. The summed E-state index contributed by atoms with van der Waals surface area (Å²) in [5.41, 5.74) is 1.72. The van der Waals surface area contributed by atoms with Crippen molar-refractivity contribution < 1.29 is 14.6 Å². The highest BCUT2D eigenvalue weighted by atomic mass is 16.5. The van der Waals surface area contributed by atoms with Crippen LogP contribution in [0.5, 0.6) is 5.75 Å². The molecule has 0 saturated heterocycles. The predicted molar refractivity (Wildman–Crippen MR) is 53.2 cm³/mol. The maximum Gasteiger partial charge on any atom is 0.309 e. The zero-order chi connectivity index (χ0) is 10.6. The summed E-state index contributed by atoms with van der Waals surface area (Å²) in [4.78, 5) is 11.0. The van der Waals surface area contributed by atoms with Crippen molar-refractivity contribution in [2.24, 2.45) is 0 Å². The number of hydrogen-bond donors (Lipinski definition) is 1. The molecular weight excluding hydrogens is 180 g/mol. The van der Waals surface area contributed by atoms with Crippen LogP contribution < -0.4 is 0 Å². The van der Waals surface area contributed by atoms with Crippen LogP contribution in [0.2, 0.25) is 0 Å². The lowest BCUT2D eigenvalue weighted by atomic mass is 10.1. The molecule has 0 atom stereocenters. The molecule has 0 radical (unpaired) electrons. The summed E-state index contributed by atoms with van der Waals surface area (Å²) < 4.78 is 4.56. The zero-order valence-corrected chi connectivity index (χ0v) is 8.41. The Bertz CT molecular complexity index is 331. The first kappa shape index (κ1) is 10.6. The summed E-state index contributed by atoms with van der Waals surface area (Å²) >= 11 is 0. The van der Waals surface area contributed by atoms with E-state index in [0.717, 1.165) is 17.5 Å². The van der Waals surface area contributed by atoms with E-state index < -0.39 is 0 Å². The molecule has 1 rings (SSSR count). The van der Waals surface area contributed by atoms with Gasteiger partial charge in [-0.05, 0) is 23.6 Å². The fraction of sp³-hybridized carbons (Fsp3) is 0.364. The molecular formula is C11H14O3. The van der Waals surface area contributed by atoms with Gasteiger partial charge in [0.25, 0.3) is 0 Å². The van der Waals surface area contributed by atoms with E-state index in [4.69, 9.17) is 0 Å². The SMILES string of the molecule is CCc1cc(CC(=O)OC)ccc1O. The highest BCUT2D eigenvalue weighted by Gasteiger charge is 2.05. The topological polar surface area (TPSA) is 46.5 Å². The molecule has 0 spiro atoms. The third-order valence-corrected chi connectivity index (χ3v) is 2.10. The largest absolute Gasteiger partial charge is 0.508 e. The van der Waals surface area contributed by atoms with Gasteiger partial charge in [-0.3, -0.25) is 4.79 Å². The molecule has 0 aromatic heterocycles. The number of carbonyl (C=O) groups excluding carboxylic acids is 1. The second kappa shape index (κ2) is 4.65. The molecule has 0 aliphatic rings. The molecule has 14 heavy (non-hydrogen) atoms. The van der Waals surface area contributed by atoms with E-state index >= 15 is 0 Å². The van der Waals surface area contributed by atoms with E-state index in [1.54, 1.807) is 12.1 Å². The van der Waals surface area contributed by atoms with Gasteiger partial charge in [-0.25, -0.2) is 0 Å². The Morgan fingerprint density at radius 3 is 2.79 bits per heavy atom. The molecule has 0 amide bonds. The van der Waals surface area contributed by atoms with Gasteiger partial charge >= 0.3 is 5.97 Å². The number of benzene rings is 1. The summed E-state index contributed by atoms with van der Waals surface area (Å²) in [6.45, 7) is 1.96. The molecule has 0 bridgehead atoms. The van der Waals surface area contributed by atoms with Gasteiger partial charge in [0.05, 0.1) is 13.5 Å². The van der Waals surface area contributed by atoms with Crippen LogP contribution in [0.25, 0.3) is 0 Å². The van der Waals surface area contributed by atoms with E-state index in [9.17, 15) is 9.90 Å². The third kappa shape index (κ3) is 2.49. The highest BCUT2D eigenvalue weighted by molar-refractivity contribution is 5.72. The summed E-state index contributed by atoms with van der Waals surface area (Å²) in [5, 5.41) is 9.41.